The van der Waals surface area contributed by atoms with Crippen LogP contribution in [0.1, 0.15) is 47.7 Å². The Morgan fingerprint density at radius 3 is 2.64 bits per heavy atom. The van der Waals surface area contributed by atoms with Gasteiger partial charge in [0.15, 0.2) is 0 Å². The van der Waals surface area contributed by atoms with Crippen molar-refractivity contribution >= 4 is 17.3 Å². The van der Waals surface area contributed by atoms with Crippen molar-refractivity contribution in [2.24, 2.45) is 0 Å². The molecule has 1 saturated carbocycles. The number of nitrogens with one attached hydrogen (secondary N) is 2. The van der Waals surface area contributed by atoms with Crippen LogP contribution in [0.25, 0.3) is 0 Å². The van der Waals surface area contributed by atoms with Crippen molar-refractivity contribution in [3.8, 4) is 0 Å². The summed E-state index contributed by atoms with van der Waals surface area (Å²) in [5.41, 5.74) is 2.65. The highest BCUT2D eigenvalue weighted by Gasteiger charge is 2.25. The molecule has 3 rings (SSSR count). The zero-order valence-electron chi connectivity index (χ0n) is 15.9. The number of nitro groups is 1. The van der Waals surface area contributed by atoms with Crippen LogP contribution in [0, 0.1) is 10.1 Å². The Morgan fingerprint density at radius 2 is 1.96 bits per heavy atom. The summed E-state index contributed by atoms with van der Waals surface area (Å²) in [6.07, 6.45) is 2.89. The monoisotopic (exact) mass is 383 g/mol. The van der Waals surface area contributed by atoms with E-state index in [9.17, 15) is 14.9 Å². The zero-order chi connectivity index (χ0) is 19.9. The van der Waals surface area contributed by atoms with Gasteiger partial charge in [0.2, 0.25) is 0 Å². The Kier molecular flexibility index (Phi) is 6.60. The fourth-order valence-electron chi connectivity index (χ4n) is 2.86. The van der Waals surface area contributed by atoms with Gasteiger partial charge in [0, 0.05) is 30.8 Å². The lowest BCUT2D eigenvalue weighted by Crippen LogP contribution is -2.25. The standard InChI is InChI=1S/C21H25N3O4/c1-2-11-28-14-17-6-4-3-5-16(17)13-22-19-10-7-15(12-20(19)24(26)27)21(25)23-18-8-9-18/h3-7,10,12,18,22H,2,8-9,11,13-14H2,1H3,(H,23,25). The largest absolute Gasteiger partial charge is 0.377 e. The maximum Gasteiger partial charge on any atom is 0.293 e. The summed E-state index contributed by atoms with van der Waals surface area (Å²) in [5.74, 6) is -0.268. The number of nitro benzene ring substituents is 1. The summed E-state index contributed by atoms with van der Waals surface area (Å²) < 4.78 is 5.62. The minimum atomic E-state index is -0.466. The van der Waals surface area contributed by atoms with Gasteiger partial charge in [0.1, 0.15) is 5.69 Å². The first-order valence-electron chi connectivity index (χ1n) is 9.56. The topological polar surface area (TPSA) is 93.5 Å². The SMILES string of the molecule is CCCOCc1ccccc1CNc1ccc(C(=O)NC2CC2)cc1[N+](=O)[O-]. The van der Waals surface area contributed by atoms with Crippen molar-refractivity contribution in [3.05, 3.63) is 69.3 Å². The van der Waals surface area contributed by atoms with Crippen LogP contribution in [0.15, 0.2) is 42.5 Å². The molecule has 0 aromatic heterocycles. The first-order valence-corrected chi connectivity index (χ1v) is 9.56. The molecule has 1 fully saturated rings. The van der Waals surface area contributed by atoms with E-state index < -0.39 is 4.92 Å². The molecule has 0 saturated heterocycles. The molecule has 1 aliphatic rings. The average Bonchev–Trinajstić information content (AvgIpc) is 3.51. The van der Waals surface area contributed by atoms with Gasteiger partial charge in [-0.05, 0) is 42.5 Å². The number of nitrogens with zero attached hydrogens (tertiary/aromatic N) is 1. The van der Waals surface area contributed by atoms with Gasteiger partial charge < -0.3 is 15.4 Å². The Bertz CT molecular complexity index is 849. The molecule has 7 heteroatoms. The number of carbonyl (C=O) groups excluding carboxylic acids is 1. The van der Waals surface area contributed by atoms with Crippen LogP contribution in [0.3, 0.4) is 0 Å². The molecule has 7 nitrogen and oxygen atoms in total. The second kappa shape index (κ2) is 9.32. The lowest BCUT2D eigenvalue weighted by molar-refractivity contribution is -0.384. The van der Waals surface area contributed by atoms with Crippen LogP contribution in [0.2, 0.25) is 0 Å². The summed E-state index contributed by atoms with van der Waals surface area (Å²) in [6.45, 7) is 3.69. The second-order valence-corrected chi connectivity index (χ2v) is 6.91. The molecule has 0 aliphatic heterocycles. The van der Waals surface area contributed by atoms with Gasteiger partial charge in [-0.25, -0.2) is 0 Å². The molecule has 1 amide bonds. The Morgan fingerprint density at radius 1 is 1.21 bits per heavy atom. The minimum Gasteiger partial charge on any atom is -0.377 e. The van der Waals surface area contributed by atoms with E-state index in [0.717, 1.165) is 30.4 Å². The van der Waals surface area contributed by atoms with Crippen LogP contribution in [0.5, 0.6) is 0 Å². The molecular weight excluding hydrogens is 358 g/mol. The number of carbonyl (C=O) groups is 1. The molecule has 1 aliphatic carbocycles. The summed E-state index contributed by atoms with van der Waals surface area (Å²) in [7, 11) is 0. The van der Waals surface area contributed by atoms with E-state index in [4.69, 9.17) is 4.74 Å². The second-order valence-electron chi connectivity index (χ2n) is 6.91. The summed E-state index contributed by atoms with van der Waals surface area (Å²) >= 11 is 0. The van der Waals surface area contributed by atoms with Gasteiger partial charge in [-0.2, -0.15) is 0 Å². The molecule has 0 spiro atoms. The number of rotatable bonds is 10. The first-order chi connectivity index (χ1) is 13.6. The van der Waals surface area contributed by atoms with Gasteiger partial charge in [-0.15, -0.1) is 0 Å². The molecule has 2 aromatic carbocycles. The maximum atomic E-state index is 12.2. The van der Waals surface area contributed by atoms with Crippen molar-refractivity contribution < 1.29 is 14.5 Å². The van der Waals surface area contributed by atoms with E-state index in [1.165, 1.54) is 6.07 Å². The minimum absolute atomic E-state index is 0.108. The molecule has 148 valence electrons. The number of hydrogen-bond acceptors (Lipinski definition) is 5. The van der Waals surface area contributed by atoms with Crippen molar-refractivity contribution in [1.29, 1.82) is 0 Å². The molecule has 0 heterocycles. The Hall–Kier alpha value is -2.93. The number of amides is 1. The third-order valence-corrected chi connectivity index (χ3v) is 4.56. The van der Waals surface area contributed by atoms with Crippen LogP contribution in [-0.2, 0) is 17.9 Å². The number of ether oxygens (including phenoxy) is 1. The fraction of sp³-hybridized carbons (Fsp3) is 0.381. The summed E-state index contributed by atoms with van der Waals surface area (Å²) in [4.78, 5) is 23.2. The molecule has 2 N–H and O–H groups in total. The molecule has 28 heavy (non-hydrogen) atoms. The average molecular weight is 383 g/mol. The van der Waals surface area contributed by atoms with Crippen molar-refractivity contribution in [1.82, 2.24) is 5.32 Å². The van der Waals surface area contributed by atoms with E-state index in [2.05, 4.69) is 17.6 Å². The molecular formula is C21H25N3O4. The van der Waals surface area contributed by atoms with E-state index >= 15 is 0 Å². The molecule has 0 unspecified atom stereocenters. The van der Waals surface area contributed by atoms with Crippen molar-refractivity contribution in [2.75, 3.05) is 11.9 Å². The predicted molar refractivity (Wildman–Crippen MR) is 107 cm³/mol. The van der Waals surface area contributed by atoms with Gasteiger partial charge in [-0.1, -0.05) is 31.2 Å². The fourth-order valence-corrected chi connectivity index (χ4v) is 2.86. The van der Waals surface area contributed by atoms with Crippen molar-refractivity contribution in [3.63, 3.8) is 0 Å². The molecule has 0 atom stereocenters. The van der Waals surface area contributed by atoms with Crippen LogP contribution in [0.4, 0.5) is 11.4 Å². The van der Waals surface area contributed by atoms with Gasteiger partial charge >= 0.3 is 0 Å². The van der Waals surface area contributed by atoms with Gasteiger partial charge in [-0.3, -0.25) is 14.9 Å². The summed E-state index contributed by atoms with van der Waals surface area (Å²) in [5, 5.41) is 17.5. The van der Waals surface area contributed by atoms with E-state index in [0.29, 0.717) is 31.0 Å². The quantitative estimate of drug-likeness (QED) is 0.367. The van der Waals surface area contributed by atoms with Gasteiger partial charge in [0.25, 0.3) is 11.6 Å². The molecule has 0 bridgehead atoms. The normalized spacial score (nSPS) is 13.2. The smallest absolute Gasteiger partial charge is 0.293 e. The number of hydrogen-bond donors (Lipinski definition) is 2. The van der Waals surface area contributed by atoms with Crippen LogP contribution >= 0.6 is 0 Å². The summed E-state index contributed by atoms with van der Waals surface area (Å²) in [6, 6.07) is 12.6. The maximum absolute atomic E-state index is 12.2. The Labute approximate surface area is 164 Å². The van der Waals surface area contributed by atoms with Crippen molar-refractivity contribution in [2.45, 2.75) is 45.4 Å². The first kappa shape index (κ1) is 19.8. The third-order valence-electron chi connectivity index (χ3n) is 4.56. The van der Waals surface area contributed by atoms with Crippen LogP contribution in [-0.4, -0.2) is 23.5 Å². The molecule has 0 radical (unpaired) electrons. The number of benzene rings is 2. The Balaban J connectivity index is 1.71. The predicted octanol–water partition coefficient (Wildman–Crippen LogP) is 4.03. The third kappa shape index (κ3) is 5.29. The molecule has 2 aromatic rings. The van der Waals surface area contributed by atoms with E-state index in [-0.39, 0.29) is 17.6 Å². The van der Waals surface area contributed by atoms with E-state index in [1.54, 1.807) is 12.1 Å². The van der Waals surface area contributed by atoms with Crippen LogP contribution < -0.4 is 10.6 Å². The zero-order valence-corrected chi connectivity index (χ0v) is 15.9. The lowest BCUT2D eigenvalue weighted by Gasteiger charge is -2.12. The van der Waals surface area contributed by atoms with Gasteiger partial charge in [0.05, 0.1) is 11.5 Å². The highest BCUT2D eigenvalue weighted by molar-refractivity contribution is 5.96. The number of anilines is 1. The highest BCUT2D eigenvalue weighted by Crippen LogP contribution is 2.27. The van der Waals surface area contributed by atoms with E-state index in [1.807, 2.05) is 24.3 Å². The lowest BCUT2D eigenvalue weighted by atomic mass is 10.1. The highest BCUT2D eigenvalue weighted by atomic mass is 16.6.